The Hall–Kier alpha value is -4.23. The largest absolute Gasteiger partial charge is 0.441 e. The molecule has 3 aromatic carbocycles. The van der Waals surface area contributed by atoms with Gasteiger partial charge < -0.3 is 19.3 Å². The lowest BCUT2D eigenvalue weighted by Crippen LogP contribution is -2.31. The van der Waals surface area contributed by atoms with Crippen LogP contribution in [0.2, 0.25) is 0 Å². The SMILES string of the molecule is Cc1ccccc1CCN=C(CO)Oc1ccc2c(c1)c(C=O)cn2CC(=O)N(C)CCc1ccccc1. The minimum atomic E-state index is -0.336. The molecule has 0 spiro atoms. The third-order valence-corrected chi connectivity index (χ3v) is 6.62. The number of aldehydes is 1. The van der Waals surface area contributed by atoms with Gasteiger partial charge in [0.25, 0.3) is 0 Å². The number of hydrogen-bond donors (Lipinski definition) is 1. The van der Waals surface area contributed by atoms with Crippen molar-refractivity contribution < 1.29 is 19.4 Å². The van der Waals surface area contributed by atoms with Crippen molar-refractivity contribution in [1.29, 1.82) is 0 Å². The van der Waals surface area contributed by atoms with Crippen LogP contribution in [0, 0.1) is 6.92 Å². The van der Waals surface area contributed by atoms with E-state index in [4.69, 9.17) is 4.74 Å². The Labute approximate surface area is 223 Å². The summed E-state index contributed by atoms with van der Waals surface area (Å²) in [5.41, 5.74) is 4.80. The van der Waals surface area contributed by atoms with Crippen LogP contribution in [0.4, 0.5) is 0 Å². The second kappa shape index (κ2) is 12.8. The van der Waals surface area contributed by atoms with Crippen LogP contribution >= 0.6 is 0 Å². The standard InChI is InChI=1S/C31H33N3O4/c1-23-8-6-7-11-25(23)14-16-32-30(22-36)38-27-12-13-29-28(18-27)26(21-35)19-34(29)20-31(37)33(2)17-15-24-9-4-3-5-10-24/h3-13,18-19,21,36H,14-17,20,22H2,1-2H3. The minimum Gasteiger partial charge on any atom is -0.441 e. The predicted octanol–water partition coefficient (Wildman–Crippen LogP) is 4.48. The smallest absolute Gasteiger partial charge is 0.242 e. The number of aliphatic hydroxyl groups is 1. The molecule has 38 heavy (non-hydrogen) atoms. The molecule has 4 aromatic rings. The van der Waals surface area contributed by atoms with E-state index in [0.29, 0.717) is 29.8 Å². The van der Waals surface area contributed by atoms with Crippen molar-refractivity contribution in [2.75, 3.05) is 26.7 Å². The number of fused-ring (bicyclic) bond motifs is 1. The molecule has 0 aliphatic carbocycles. The summed E-state index contributed by atoms with van der Waals surface area (Å²) in [6.45, 7) is 2.94. The molecular formula is C31H33N3O4. The second-order valence-electron chi connectivity index (χ2n) is 9.27. The topological polar surface area (TPSA) is 84.1 Å². The molecule has 1 amide bonds. The molecular weight excluding hydrogens is 478 g/mol. The lowest BCUT2D eigenvalue weighted by molar-refractivity contribution is -0.130. The van der Waals surface area contributed by atoms with Gasteiger partial charge in [-0.15, -0.1) is 0 Å². The van der Waals surface area contributed by atoms with E-state index in [1.807, 2.05) is 48.5 Å². The lowest BCUT2D eigenvalue weighted by Gasteiger charge is -2.18. The van der Waals surface area contributed by atoms with Gasteiger partial charge in [0.1, 0.15) is 18.9 Å². The molecule has 0 radical (unpaired) electrons. The number of amides is 1. The van der Waals surface area contributed by atoms with Crippen molar-refractivity contribution in [1.82, 2.24) is 9.47 Å². The van der Waals surface area contributed by atoms with E-state index < -0.39 is 0 Å². The summed E-state index contributed by atoms with van der Waals surface area (Å²) in [6.07, 6.45) is 3.98. The molecule has 0 saturated heterocycles. The number of rotatable bonds is 11. The number of ether oxygens (including phenoxy) is 1. The average Bonchev–Trinajstić information content (AvgIpc) is 3.29. The number of hydrogen-bond acceptors (Lipinski definition) is 5. The minimum absolute atomic E-state index is 0.0426. The van der Waals surface area contributed by atoms with Crippen molar-refractivity contribution >= 4 is 29.0 Å². The first kappa shape index (κ1) is 26.8. The summed E-state index contributed by atoms with van der Waals surface area (Å²) in [6, 6.07) is 23.5. The first-order valence-electron chi connectivity index (χ1n) is 12.7. The summed E-state index contributed by atoms with van der Waals surface area (Å²) < 4.78 is 7.63. The van der Waals surface area contributed by atoms with Gasteiger partial charge >= 0.3 is 0 Å². The molecule has 0 unspecified atom stereocenters. The highest BCUT2D eigenvalue weighted by atomic mass is 16.5. The number of nitrogens with zero attached hydrogens (tertiary/aromatic N) is 3. The monoisotopic (exact) mass is 511 g/mol. The number of aliphatic imine (C=N–C) groups is 1. The van der Waals surface area contributed by atoms with Gasteiger partial charge in [-0.2, -0.15) is 0 Å². The lowest BCUT2D eigenvalue weighted by atomic mass is 10.1. The van der Waals surface area contributed by atoms with Crippen molar-refractivity contribution in [2.45, 2.75) is 26.3 Å². The maximum absolute atomic E-state index is 12.9. The Bertz CT molecular complexity index is 1430. The van der Waals surface area contributed by atoms with Gasteiger partial charge in [-0.1, -0.05) is 54.6 Å². The summed E-state index contributed by atoms with van der Waals surface area (Å²) in [5.74, 6) is 0.632. The molecule has 0 fully saturated rings. The van der Waals surface area contributed by atoms with Gasteiger partial charge in [0.05, 0.1) is 0 Å². The fourth-order valence-electron chi connectivity index (χ4n) is 4.37. The van der Waals surface area contributed by atoms with Crippen LogP contribution in [0.5, 0.6) is 5.75 Å². The molecule has 1 heterocycles. The number of carbonyl (C=O) groups excluding carboxylic acids is 2. The van der Waals surface area contributed by atoms with E-state index in [0.717, 1.165) is 24.6 Å². The maximum Gasteiger partial charge on any atom is 0.242 e. The normalized spacial score (nSPS) is 11.5. The zero-order valence-electron chi connectivity index (χ0n) is 21.8. The zero-order valence-corrected chi connectivity index (χ0v) is 21.8. The van der Waals surface area contributed by atoms with E-state index in [2.05, 4.69) is 24.0 Å². The Morgan fingerprint density at radius 3 is 2.55 bits per heavy atom. The van der Waals surface area contributed by atoms with Crippen LogP contribution in [0.3, 0.4) is 0 Å². The Morgan fingerprint density at radius 2 is 1.82 bits per heavy atom. The molecule has 4 rings (SSSR count). The summed E-state index contributed by atoms with van der Waals surface area (Å²) >= 11 is 0. The summed E-state index contributed by atoms with van der Waals surface area (Å²) in [5, 5.41) is 10.4. The molecule has 196 valence electrons. The highest BCUT2D eigenvalue weighted by Gasteiger charge is 2.15. The number of carbonyl (C=O) groups is 2. The predicted molar refractivity (Wildman–Crippen MR) is 150 cm³/mol. The fraction of sp³-hybridized carbons (Fsp3) is 0.258. The van der Waals surface area contributed by atoms with E-state index in [1.54, 1.807) is 34.8 Å². The molecule has 7 heteroatoms. The van der Waals surface area contributed by atoms with E-state index >= 15 is 0 Å². The molecule has 1 N–H and O–H groups in total. The number of benzene rings is 3. The van der Waals surface area contributed by atoms with E-state index in [9.17, 15) is 14.7 Å². The molecule has 0 aliphatic heterocycles. The van der Waals surface area contributed by atoms with Gasteiger partial charge in [0, 0.05) is 42.8 Å². The quantitative estimate of drug-likeness (QED) is 0.183. The van der Waals surface area contributed by atoms with Gasteiger partial charge in [-0.25, -0.2) is 0 Å². The molecule has 0 bridgehead atoms. The van der Waals surface area contributed by atoms with E-state index in [1.165, 1.54) is 16.7 Å². The number of aryl methyl sites for hydroxylation is 1. The molecule has 1 aromatic heterocycles. The van der Waals surface area contributed by atoms with Gasteiger partial charge in [-0.3, -0.25) is 14.6 Å². The molecule has 7 nitrogen and oxygen atoms in total. The number of likely N-dealkylation sites (N-methyl/N-ethyl adjacent to an activating group) is 1. The first-order valence-corrected chi connectivity index (χ1v) is 12.7. The Morgan fingerprint density at radius 1 is 1.05 bits per heavy atom. The van der Waals surface area contributed by atoms with Crippen LogP contribution in [0.25, 0.3) is 10.9 Å². The van der Waals surface area contributed by atoms with Gasteiger partial charge in [0.2, 0.25) is 11.8 Å². The third-order valence-electron chi connectivity index (χ3n) is 6.62. The highest BCUT2D eigenvalue weighted by Crippen LogP contribution is 2.26. The van der Waals surface area contributed by atoms with Gasteiger partial charge in [-0.05, 0) is 54.7 Å². The van der Waals surface area contributed by atoms with Crippen LogP contribution < -0.4 is 4.74 Å². The Balaban J connectivity index is 1.43. The van der Waals surface area contributed by atoms with Crippen LogP contribution in [0.1, 0.15) is 27.0 Å². The first-order chi connectivity index (χ1) is 18.5. The summed E-state index contributed by atoms with van der Waals surface area (Å²) in [4.78, 5) is 30.8. The highest BCUT2D eigenvalue weighted by molar-refractivity contribution is 5.99. The third kappa shape index (κ3) is 6.75. The van der Waals surface area contributed by atoms with Crippen molar-refractivity contribution in [3.63, 3.8) is 0 Å². The maximum atomic E-state index is 12.9. The van der Waals surface area contributed by atoms with Crippen LogP contribution in [-0.4, -0.2) is 59.4 Å². The molecule has 0 aliphatic rings. The second-order valence-corrected chi connectivity index (χ2v) is 9.27. The van der Waals surface area contributed by atoms with E-state index in [-0.39, 0.29) is 25.0 Å². The number of aliphatic hydroxyl groups excluding tert-OH is 1. The molecule has 0 atom stereocenters. The fourth-order valence-corrected chi connectivity index (χ4v) is 4.37. The van der Waals surface area contributed by atoms with Crippen molar-refractivity contribution in [3.05, 3.63) is 101 Å². The van der Waals surface area contributed by atoms with Crippen LogP contribution in [0.15, 0.2) is 84.0 Å². The van der Waals surface area contributed by atoms with Crippen molar-refractivity contribution in [3.8, 4) is 5.75 Å². The Kier molecular flexibility index (Phi) is 9.06. The van der Waals surface area contributed by atoms with Gasteiger partial charge in [0.15, 0.2) is 6.29 Å². The van der Waals surface area contributed by atoms with Crippen molar-refractivity contribution in [2.24, 2.45) is 4.99 Å². The zero-order chi connectivity index (χ0) is 26.9. The average molecular weight is 512 g/mol. The van der Waals surface area contributed by atoms with Crippen LogP contribution in [-0.2, 0) is 24.2 Å². The number of aromatic nitrogens is 1. The molecule has 0 saturated carbocycles. The summed E-state index contributed by atoms with van der Waals surface area (Å²) in [7, 11) is 1.79.